The number of halogens is 5. The molecule has 3 aromatic carbocycles. The van der Waals surface area contributed by atoms with Gasteiger partial charge < -0.3 is 0 Å². The van der Waals surface area contributed by atoms with Gasteiger partial charge in [-0.1, -0.05) is 27.5 Å². The maximum atomic E-state index is 13.0. The molecule has 0 aliphatic rings. The summed E-state index contributed by atoms with van der Waals surface area (Å²) < 4.78 is 93.9. The molecule has 0 amide bonds. The van der Waals surface area contributed by atoms with Crippen molar-refractivity contribution < 1.29 is 30.0 Å². The summed E-state index contributed by atoms with van der Waals surface area (Å²) >= 11 is 8.74. The van der Waals surface area contributed by atoms with E-state index in [0.29, 0.717) is 10.5 Å². The van der Waals surface area contributed by atoms with Crippen LogP contribution in [0.3, 0.4) is 0 Å². The van der Waals surface area contributed by atoms with Crippen molar-refractivity contribution in [1.29, 1.82) is 0 Å². The number of hydrogen-bond acceptors (Lipinski definition) is 4. The first kappa shape index (κ1) is 24.4. The summed E-state index contributed by atoms with van der Waals surface area (Å²) in [5, 5.41) is -0.567. The lowest BCUT2D eigenvalue weighted by molar-refractivity contribution is -0.137. The molecule has 0 saturated carbocycles. The lowest BCUT2D eigenvalue weighted by atomic mass is 10.2. The van der Waals surface area contributed by atoms with Crippen molar-refractivity contribution in [3.05, 3.63) is 81.8 Å². The lowest BCUT2D eigenvalue weighted by Gasteiger charge is -2.13. The lowest BCUT2D eigenvalue weighted by Crippen LogP contribution is -2.15. The number of benzene rings is 3. The smallest absolute Gasteiger partial charge is 0.280 e. The van der Waals surface area contributed by atoms with E-state index in [1.54, 1.807) is 12.1 Å². The maximum absolute atomic E-state index is 13.0. The van der Waals surface area contributed by atoms with Crippen molar-refractivity contribution in [1.82, 2.24) is 0 Å². The molecule has 0 aliphatic heterocycles. The summed E-state index contributed by atoms with van der Waals surface area (Å²) in [6.07, 6.45) is -4.76. The van der Waals surface area contributed by atoms with Gasteiger partial charge >= 0.3 is 6.18 Å². The molecule has 0 spiro atoms. The molecule has 0 saturated heterocycles. The predicted octanol–water partition coefficient (Wildman–Crippen LogP) is 5.72. The topological polar surface area (TPSA) is 92.3 Å². The number of alkyl halides is 3. The Hall–Kier alpha value is -2.28. The second-order valence-corrected chi connectivity index (χ2v) is 11.1. The number of rotatable bonds is 6. The van der Waals surface area contributed by atoms with E-state index >= 15 is 0 Å². The minimum atomic E-state index is -4.76. The molecule has 3 rings (SSSR count). The highest BCUT2D eigenvalue weighted by Gasteiger charge is 2.33. The molecule has 0 aliphatic carbocycles. The average Bonchev–Trinajstić information content (AvgIpc) is 2.69. The summed E-state index contributed by atoms with van der Waals surface area (Å²) in [7, 11) is -8.15. The highest BCUT2D eigenvalue weighted by Crippen LogP contribution is 2.36. The van der Waals surface area contributed by atoms with E-state index < -0.39 is 36.8 Å². The van der Waals surface area contributed by atoms with Gasteiger partial charge in [-0.15, -0.1) is 0 Å². The van der Waals surface area contributed by atoms with Gasteiger partial charge in [0.15, 0.2) is 0 Å². The van der Waals surface area contributed by atoms with E-state index in [2.05, 4.69) is 20.7 Å². The summed E-state index contributed by atoms with van der Waals surface area (Å²) in [6, 6.07) is 13.1. The van der Waals surface area contributed by atoms with Crippen LogP contribution in [0.15, 0.2) is 81.0 Å². The zero-order valence-corrected chi connectivity index (χ0v) is 19.7. The number of hydrogen-bond donors (Lipinski definition) is 2. The Morgan fingerprint density at radius 2 is 1.16 bits per heavy atom. The van der Waals surface area contributed by atoms with Crippen LogP contribution in [0.1, 0.15) is 5.56 Å². The first-order valence-electron chi connectivity index (χ1n) is 8.56. The van der Waals surface area contributed by atoms with Crippen LogP contribution in [-0.4, -0.2) is 16.8 Å². The third-order valence-corrected chi connectivity index (χ3v) is 7.72. The van der Waals surface area contributed by atoms with Gasteiger partial charge in [-0.2, -0.15) is 13.2 Å². The van der Waals surface area contributed by atoms with Gasteiger partial charge in [-0.25, -0.2) is 16.8 Å². The Kier molecular flexibility index (Phi) is 6.80. The second-order valence-electron chi connectivity index (χ2n) is 6.38. The molecule has 2 N–H and O–H groups in total. The normalized spacial score (nSPS) is 12.4. The third-order valence-electron chi connectivity index (χ3n) is 4.06. The maximum Gasteiger partial charge on any atom is 0.417 e. The standard InChI is InChI=1S/C19H13BrClF3N2O4S2/c20-12-1-6-15(7-2-12)31(27,28)25-13-3-8-16(9-4-13)32(29,30)26-14-5-10-18(21)17(11-14)19(22,23)24/h1-11,25-26H. The van der Waals surface area contributed by atoms with Gasteiger partial charge in [0.1, 0.15) is 0 Å². The van der Waals surface area contributed by atoms with Crippen molar-refractivity contribution in [2.45, 2.75) is 16.0 Å². The predicted molar refractivity (Wildman–Crippen MR) is 119 cm³/mol. The largest absolute Gasteiger partial charge is 0.417 e. The highest BCUT2D eigenvalue weighted by atomic mass is 79.9. The molecule has 13 heteroatoms. The fourth-order valence-electron chi connectivity index (χ4n) is 2.55. The average molecular weight is 570 g/mol. The van der Waals surface area contributed by atoms with Gasteiger partial charge in [0, 0.05) is 15.8 Å². The van der Waals surface area contributed by atoms with Crippen molar-refractivity contribution in [3.8, 4) is 0 Å². The van der Waals surface area contributed by atoms with Crippen LogP contribution in [0.25, 0.3) is 0 Å². The molecule has 0 aromatic heterocycles. The molecule has 0 unspecified atom stereocenters. The Morgan fingerprint density at radius 1 is 0.719 bits per heavy atom. The molecule has 0 heterocycles. The van der Waals surface area contributed by atoms with E-state index in [9.17, 15) is 30.0 Å². The molecule has 6 nitrogen and oxygen atoms in total. The third kappa shape index (κ3) is 5.74. The minimum Gasteiger partial charge on any atom is -0.280 e. The van der Waals surface area contributed by atoms with Crippen LogP contribution in [0, 0.1) is 0 Å². The molecule has 170 valence electrons. The van der Waals surface area contributed by atoms with Crippen molar-refractivity contribution in [3.63, 3.8) is 0 Å². The molecule has 32 heavy (non-hydrogen) atoms. The van der Waals surface area contributed by atoms with Gasteiger partial charge in [0.2, 0.25) is 0 Å². The monoisotopic (exact) mass is 568 g/mol. The molecule has 3 aromatic rings. The van der Waals surface area contributed by atoms with Gasteiger partial charge in [0.25, 0.3) is 20.0 Å². The molecular weight excluding hydrogens is 557 g/mol. The van der Waals surface area contributed by atoms with Crippen molar-refractivity contribution in [2.75, 3.05) is 9.44 Å². The van der Waals surface area contributed by atoms with Crippen LogP contribution in [0.5, 0.6) is 0 Å². The molecule has 0 radical (unpaired) electrons. The first-order valence-corrected chi connectivity index (χ1v) is 12.7. The fourth-order valence-corrected chi connectivity index (χ4v) is 5.15. The highest BCUT2D eigenvalue weighted by molar-refractivity contribution is 9.10. The summed E-state index contributed by atoms with van der Waals surface area (Å²) in [6.45, 7) is 0. The molecular formula is C19H13BrClF3N2O4S2. The number of nitrogens with one attached hydrogen (secondary N) is 2. The van der Waals surface area contributed by atoms with Gasteiger partial charge in [-0.3, -0.25) is 9.44 Å². The summed E-state index contributed by atoms with van der Waals surface area (Å²) in [5.41, 5.74) is -1.42. The van der Waals surface area contributed by atoms with Crippen LogP contribution >= 0.6 is 27.5 Å². The second kappa shape index (κ2) is 8.93. The van der Waals surface area contributed by atoms with Crippen molar-refractivity contribution in [2.24, 2.45) is 0 Å². The number of anilines is 2. The molecule has 0 atom stereocenters. The Labute approximate surface area is 195 Å². The Bertz CT molecular complexity index is 1350. The SMILES string of the molecule is O=S(=O)(Nc1ccc(S(=O)(=O)Nc2ccc(Cl)c(C(F)(F)F)c2)cc1)c1ccc(Br)cc1. The summed E-state index contributed by atoms with van der Waals surface area (Å²) in [4.78, 5) is -0.283. The van der Waals surface area contributed by atoms with E-state index in [4.69, 9.17) is 11.6 Å². The fraction of sp³-hybridized carbons (Fsp3) is 0.0526. The Balaban J connectivity index is 1.80. The Morgan fingerprint density at radius 3 is 1.66 bits per heavy atom. The zero-order chi connectivity index (χ0) is 23.7. The number of sulfonamides is 2. The van der Waals surface area contributed by atoms with Crippen LogP contribution in [0.4, 0.5) is 24.5 Å². The quantitative estimate of drug-likeness (QED) is 0.397. The van der Waals surface area contributed by atoms with E-state index in [0.717, 1.165) is 24.3 Å². The van der Waals surface area contributed by atoms with E-state index in [-0.39, 0.29) is 21.2 Å². The van der Waals surface area contributed by atoms with E-state index in [1.807, 2.05) is 4.72 Å². The van der Waals surface area contributed by atoms with Gasteiger partial charge in [-0.05, 0) is 66.7 Å². The minimum absolute atomic E-state index is 0.00210. The van der Waals surface area contributed by atoms with Crippen LogP contribution in [0.2, 0.25) is 5.02 Å². The zero-order valence-electron chi connectivity index (χ0n) is 15.7. The van der Waals surface area contributed by atoms with Gasteiger partial charge in [0.05, 0.1) is 20.4 Å². The molecule has 0 bridgehead atoms. The molecule has 0 fully saturated rings. The van der Waals surface area contributed by atoms with Crippen LogP contribution < -0.4 is 9.44 Å². The first-order chi connectivity index (χ1) is 14.8. The van der Waals surface area contributed by atoms with Crippen molar-refractivity contribution >= 4 is 59.0 Å². The summed E-state index contributed by atoms with van der Waals surface area (Å²) in [5.74, 6) is 0. The van der Waals surface area contributed by atoms with Crippen LogP contribution in [-0.2, 0) is 26.2 Å². The van der Waals surface area contributed by atoms with E-state index in [1.165, 1.54) is 24.3 Å².